The number of nitrogens with one attached hydrogen (secondary N) is 1. The van der Waals surface area contributed by atoms with E-state index in [-0.39, 0.29) is 5.41 Å². The smallest absolute Gasteiger partial charge is 0.0653 e. The average Bonchev–Trinajstić information content (AvgIpc) is 3.14. The highest BCUT2D eigenvalue weighted by Crippen LogP contribution is 2.40. The Balaban J connectivity index is 1.82. The first-order valence-corrected chi connectivity index (χ1v) is 8.33. The van der Waals surface area contributed by atoms with Crippen LogP contribution in [-0.4, -0.2) is 35.2 Å². The van der Waals surface area contributed by atoms with E-state index in [1.807, 2.05) is 6.20 Å². The largest absolute Gasteiger partial charge is 0.305 e. The quantitative estimate of drug-likeness (QED) is 0.800. The van der Waals surface area contributed by atoms with Gasteiger partial charge in [-0.15, -0.1) is 0 Å². The van der Waals surface area contributed by atoms with E-state index in [2.05, 4.69) is 71.5 Å². The van der Waals surface area contributed by atoms with E-state index in [9.17, 15) is 0 Å². The van der Waals surface area contributed by atoms with Crippen LogP contribution in [0.4, 0.5) is 0 Å². The lowest BCUT2D eigenvalue weighted by atomic mass is 9.73. The van der Waals surface area contributed by atoms with Crippen LogP contribution in [-0.2, 0) is 11.8 Å². The van der Waals surface area contributed by atoms with Crippen LogP contribution in [0.2, 0.25) is 0 Å². The summed E-state index contributed by atoms with van der Waals surface area (Å²) in [5.74, 6) is 0. The van der Waals surface area contributed by atoms with Gasteiger partial charge in [0.2, 0.25) is 0 Å². The number of hydrogen-bond donors (Lipinski definition) is 1. The van der Waals surface area contributed by atoms with Gasteiger partial charge in [0.1, 0.15) is 0 Å². The highest BCUT2D eigenvalue weighted by Gasteiger charge is 2.39. The van der Waals surface area contributed by atoms with Crippen molar-refractivity contribution in [2.75, 3.05) is 20.1 Å². The zero-order chi connectivity index (χ0) is 15.9. The molecule has 3 aromatic rings. The highest BCUT2D eigenvalue weighted by atomic mass is 15.1. The van der Waals surface area contributed by atoms with Crippen LogP contribution >= 0.6 is 0 Å². The predicted molar refractivity (Wildman–Crippen MR) is 94.8 cm³/mol. The van der Waals surface area contributed by atoms with Crippen molar-refractivity contribution in [3.63, 3.8) is 0 Å². The molecule has 1 aliphatic rings. The molecule has 1 atom stereocenters. The van der Waals surface area contributed by atoms with Crippen molar-refractivity contribution in [1.82, 2.24) is 15.1 Å². The summed E-state index contributed by atoms with van der Waals surface area (Å²) < 4.78 is 0. The number of likely N-dealkylation sites (tertiary alicyclic amines) is 1. The maximum atomic E-state index is 4.20. The highest BCUT2D eigenvalue weighted by molar-refractivity contribution is 5.80. The number of aromatic amines is 1. The summed E-state index contributed by atoms with van der Waals surface area (Å²) in [7, 11) is 2.23. The van der Waals surface area contributed by atoms with Crippen LogP contribution < -0.4 is 0 Å². The Kier molecular flexibility index (Phi) is 3.46. The Hall–Kier alpha value is -2.13. The topological polar surface area (TPSA) is 31.9 Å². The van der Waals surface area contributed by atoms with Crippen LogP contribution in [0.15, 0.2) is 48.7 Å². The predicted octanol–water partition coefficient (Wildman–Crippen LogP) is 3.69. The number of aromatic nitrogens is 2. The SMILES string of the molecule is Cc1cc2[nH]ncc2cc1C1(Cc2ccccc2)CCN(C)C1. The van der Waals surface area contributed by atoms with E-state index in [1.54, 1.807) is 0 Å². The summed E-state index contributed by atoms with van der Waals surface area (Å²) >= 11 is 0. The first kappa shape index (κ1) is 14.5. The summed E-state index contributed by atoms with van der Waals surface area (Å²) in [6, 6.07) is 15.5. The summed E-state index contributed by atoms with van der Waals surface area (Å²) in [6.07, 6.45) is 4.25. The molecule has 3 nitrogen and oxygen atoms in total. The molecular formula is C20H23N3. The minimum absolute atomic E-state index is 0.200. The first-order valence-electron chi connectivity index (χ1n) is 8.33. The van der Waals surface area contributed by atoms with Crippen molar-refractivity contribution in [2.24, 2.45) is 0 Å². The molecule has 1 unspecified atom stereocenters. The van der Waals surface area contributed by atoms with Crippen molar-refractivity contribution >= 4 is 10.9 Å². The van der Waals surface area contributed by atoms with E-state index >= 15 is 0 Å². The Bertz CT molecular complexity index is 821. The fraction of sp³-hybridized carbons (Fsp3) is 0.350. The summed E-state index contributed by atoms with van der Waals surface area (Å²) in [6.45, 7) is 4.52. The standard InChI is InChI=1S/C20H23N3/c1-15-10-19-17(13-21-22-19)11-18(15)20(8-9-23(2)14-20)12-16-6-4-3-5-7-16/h3-7,10-11,13H,8-9,12,14H2,1-2H3,(H,21,22). The van der Waals surface area contributed by atoms with Gasteiger partial charge in [0.05, 0.1) is 11.7 Å². The third-order valence-corrected chi connectivity index (χ3v) is 5.29. The molecule has 2 heterocycles. The van der Waals surface area contributed by atoms with Crippen LogP contribution in [0.25, 0.3) is 10.9 Å². The number of benzene rings is 2. The van der Waals surface area contributed by atoms with E-state index in [0.717, 1.165) is 25.0 Å². The summed E-state index contributed by atoms with van der Waals surface area (Å²) in [5.41, 5.74) is 5.61. The van der Waals surface area contributed by atoms with Crippen LogP contribution in [0, 0.1) is 6.92 Å². The minimum atomic E-state index is 0.200. The molecular weight excluding hydrogens is 282 g/mol. The van der Waals surface area contributed by atoms with Crippen molar-refractivity contribution in [2.45, 2.75) is 25.2 Å². The molecule has 0 saturated carbocycles. The minimum Gasteiger partial charge on any atom is -0.305 e. The number of nitrogens with zero attached hydrogens (tertiary/aromatic N) is 2. The number of H-pyrrole nitrogens is 1. The molecule has 23 heavy (non-hydrogen) atoms. The lowest BCUT2D eigenvalue weighted by molar-refractivity contribution is 0.365. The molecule has 1 aliphatic heterocycles. The van der Waals surface area contributed by atoms with Crippen molar-refractivity contribution < 1.29 is 0 Å². The Morgan fingerprint density at radius 3 is 2.78 bits per heavy atom. The molecule has 1 N–H and O–H groups in total. The lowest BCUT2D eigenvalue weighted by Crippen LogP contribution is -2.33. The van der Waals surface area contributed by atoms with E-state index in [0.29, 0.717) is 0 Å². The Morgan fingerprint density at radius 2 is 2.04 bits per heavy atom. The second-order valence-corrected chi connectivity index (χ2v) is 7.05. The molecule has 0 amide bonds. The van der Waals surface area contributed by atoms with Crippen LogP contribution in [0.5, 0.6) is 0 Å². The van der Waals surface area contributed by atoms with Crippen LogP contribution in [0.1, 0.15) is 23.1 Å². The van der Waals surface area contributed by atoms with Gasteiger partial charge in [-0.05, 0) is 62.2 Å². The molecule has 118 valence electrons. The molecule has 1 fully saturated rings. The number of hydrogen-bond acceptors (Lipinski definition) is 2. The molecule has 0 spiro atoms. The number of rotatable bonds is 3. The normalized spacial score (nSPS) is 22.0. The molecule has 0 bridgehead atoms. The zero-order valence-electron chi connectivity index (χ0n) is 13.8. The van der Waals surface area contributed by atoms with Crippen LogP contribution in [0.3, 0.4) is 0 Å². The average molecular weight is 305 g/mol. The van der Waals surface area contributed by atoms with Gasteiger partial charge in [0.15, 0.2) is 0 Å². The Labute approximate surface area is 137 Å². The molecule has 2 aromatic carbocycles. The molecule has 1 saturated heterocycles. The van der Waals surface area contributed by atoms with Gasteiger partial charge in [0, 0.05) is 17.3 Å². The van der Waals surface area contributed by atoms with Gasteiger partial charge in [0.25, 0.3) is 0 Å². The van der Waals surface area contributed by atoms with Crippen molar-refractivity contribution in [3.05, 3.63) is 65.4 Å². The third kappa shape index (κ3) is 2.55. The van der Waals surface area contributed by atoms with Gasteiger partial charge in [-0.1, -0.05) is 30.3 Å². The van der Waals surface area contributed by atoms with Crippen molar-refractivity contribution in [1.29, 1.82) is 0 Å². The first-order chi connectivity index (χ1) is 11.2. The lowest BCUT2D eigenvalue weighted by Gasteiger charge is -2.32. The monoisotopic (exact) mass is 305 g/mol. The number of fused-ring (bicyclic) bond motifs is 1. The van der Waals surface area contributed by atoms with E-state index in [4.69, 9.17) is 0 Å². The Morgan fingerprint density at radius 1 is 1.22 bits per heavy atom. The van der Waals surface area contributed by atoms with Gasteiger partial charge >= 0.3 is 0 Å². The van der Waals surface area contributed by atoms with Gasteiger partial charge in [-0.2, -0.15) is 5.10 Å². The van der Waals surface area contributed by atoms with Gasteiger partial charge in [-0.25, -0.2) is 0 Å². The molecule has 0 aliphatic carbocycles. The summed E-state index contributed by atoms with van der Waals surface area (Å²) in [5, 5.41) is 8.50. The molecule has 4 rings (SSSR count). The van der Waals surface area contributed by atoms with Crippen molar-refractivity contribution in [3.8, 4) is 0 Å². The number of aryl methyl sites for hydroxylation is 1. The second kappa shape index (κ2) is 5.50. The van der Waals surface area contributed by atoms with Gasteiger partial charge in [-0.3, -0.25) is 5.10 Å². The summed E-state index contributed by atoms with van der Waals surface area (Å²) in [4.78, 5) is 2.46. The van der Waals surface area contributed by atoms with E-state index in [1.165, 1.54) is 28.5 Å². The third-order valence-electron chi connectivity index (χ3n) is 5.29. The van der Waals surface area contributed by atoms with E-state index < -0.39 is 0 Å². The van der Waals surface area contributed by atoms with Gasteiger partial charge < -0.3 is 4.90 Å². The fourth-order valence-corrected chi connectivity index (χ4v) is 4.20. The number of likely N-dealkylation sites (N-methyl/N-ethyl adjacent to an activating group) is 1. The maximum absolute atomic E-state index is 4.20. The molecule has 0 radical (unpaired) electrons. The second-order valence-electron chi connectivity index (χ2n) is 7.05. The molecule has 1 aromatic heterocycles. The zero-order valence-corrected chi connectivity index (χ0v) is 13.8. The maximum Gasteiger partial charge on any atom is 0.0653 e. The fourth-order valence-electron chi connectivity index (χ4n) is 4.20. The molecule has 3 heteroatoms.